The number of carbonyl (C=O) groups excluding carboxylic acids is 1. The molecule has 0 saturated carbocycles. The number of hydrogen-bond acceptors (Lipinski definition) is 6. The van der Waals surface area contributed by atoms with Crippen molar-refractivity contribution in [1.82, 2.24) is 20.1 Å². The molecule has 0 radical (unpaired) electrons. The summed E-state index contributed by atoms with van der Waals surface area (Å²) in [6.45, 7) is 12.4. The number of fused-ring (bicyclic) bond motifs is 3. The Balaban J connectivity index is 1.34. The Labute approximate surface area is 236 Å². The van der Waals surface area contributed by atoms with Crippen LogP contribution in [-0.2, 0) is 0 Å². The van der Waals surface area contributed by atoms with Gasteiger partial charge in [0.25, 0.3) is 5.91 Å². The number of aromatic nitrogens is 1. The predicted octanol–water partition coefficient (Wildman–Crippen LogP) is 4.52. The first-order chi connectivity index (χ1) is 19.5. The van der Waals surface area contributed by atoms with E-state index in [1.165, 1.54) is 12.8 Å². The van der Waals surface area contributed by atoms with Gasteiger partial charge in [-0.1, -0.05) is 26.0 Å². The zero-order valence-electron chi connectivity index (χ0n) is 23.9. The minimum Gasteiger partial charge on any atom is -0.451 e. The number of pyridine rings is 1. The summed E-state index contributed by atoms with van der Waals surface area (Å²) in [7, 11) is 0. The monoisotopic (exact) mass is 543 g/mol. The van der Waals surface area contributed by atoms with Crippen LogP contribution in [0.25, 0.3) is 16.6 Å². The van der Waals surface area contributed by atoms with E-state index in [1.807, 2.05) is 47.9 Å². The van der Waals surface area contributed by atoms with Crippen LogP contribution in [0.2, 0.25) is 0 Å². The van der Waals surface area contributed by atoms with Crippen LogP contribution in [0, 0.1) is 5.92 Å². The summed E-state index contributed by atoms with van der Waals surface area (Å²) in [5.74, 6) is 1.71. The summed E-state index contributed by atoms with van der Waals surface area (Å²) in [4.78, 5) is 32.0. The van der Waals surface area contributed by atoms with Crippen LogP contribution in [0.4, 0.5) is 5.69 Å². The first kappa shape index (κ1) is 26.8. The van der Waals surface area contributed by atoms with Crippen molar-refractivity contribution in [2.24, 2.45) is 5.92 Å². The number of amides is 1. The second kappa shape index (κ2) is 11.3. The fourth-order valence-electron chi connectivity index (χ4n) is 6.71. The lowest BCUT2D eigenvalue weighted by Crippen LogP contribution is -2.40. The first-order valence-corrected chi connectivity index (χ1v) is 15.0. The average molecular weight is 544 g/mol. The Morgan fingerprint density at radius 3 is 2.77 bits per heavy atom. The third kappa shape index (κ3) is 4.88. The number of anilines is 1. The molecule has 1 amide bonds. The maximum absolute atomic E-state index is 13.8. The number of carbonyl (C=O) groups is 1. The molecule has 8 heteroatoms. The molecule has 2 fully saturated rings. The quantitative estimate of drug-likeness (QED) is 0.323. The molecule has 40 heavy (non-hydrogen) atoms. The highest BCUT2D eigenvalue weighted by molar-refractivity contribution is 6.01. The second-order valence-corrected chi connectivity index (χ2v) is 11.5. The van der Waals surface area contributed by atoms with Gasteiger partial charge in [0, 0.05) is 31.4 Å². The van der Waals surface area contributed by atoms with Crippen LogP contribution in [0.5, 0.6) is 11.5 Å². The van der Waals surface area contributed by atoms with Gasteiger partial charge in [-0.2, -0.15) is 0 Å². The standard InChI is InChI=1S/C32H41N5O3/c1-4-35(5-2)17-9-10-21(3)34-32(39)24-19-37-26-12-6-7-13-28(26)40-31-27(15-14-23(29(31)37)30(24)38)36-18-22-11-8-16-33-25(22)20-36/h6-7,12-15,19,21-22,25,33H,4-5,8-11,16-18,20H2,1-3H3,(H,34,39). The minimum absolute atomic E-state index is 0.0274. The molecule has 3 unspecified atom stereocenters. The Morgan fingerprint density at radius 1 is 1.15 bits per heavy atom. The van der Waals surface area contributed by atoms with E-state index in [9.17, 15) is 9.59 Å². The Hall–Kier alpha value is -3.36. The van der Waals surface area contributed by atoms with Crippen LogP contribution in [-0.4, -0.2) is 66.7 Å². The number of para-hydroxylation sites is 2. The Morgan fingerprint density at radius 2 is 1.98 bits per heavy atom. The fraction of sp³-hybridized carbons (Fsp3) is 0.500. The molecule has 0 aliphatic carbocycles. The normalized spacial score (nSPS) is 20.2. The fourth-order valence-corrected chi connectivity index (χ4v) is 6.71. The van der Waals surface area contributed by atoms with Crippen molar-refractivity contribution in [2.75, 3.05) is 44.2 Å². The van der Waals surface area contributed by atoms with Crippen molar-refractivity contribution in [1.29, 1.82) is 0 Å². The number of benzene rings is 2. The van der Waals surface area contributed by atoms with Gasteiger partial charge in [0.2, 0.25) is 5.43 Å². The third-order valence-corrected chi connectivity index (χ3v) is 9.00. The number of nitrogens with one attached hydrogen (secondary N) is 2. The molecule has 212 valence electrons. The lowest BCUT2D eigenvalue weighted by molar-refractivity contribution is 0.0935. The molecule has 6 rings (SSSR count). The molecule has 3 aromatic rings. The molecule has 2 saturated heterocycles. The average Bonchev–Trinajstić information content (AvgIpc) is 3.40. The van der Waals surface area contributed by atoms with Gasteiger partial charge in [-0.15, -0.1) is 0 Å². The zero-order valence-corrected chi connectivity index (χ0v) is 23.9. The van der Waals surface area contributed by atoms with E-state index in [0.717, 1.165) is 74.8 Å². The number of hydrogen-bond donors (Lipinski definition) is 2. The van der Waals surface area contributed by atoms with E-state index in [0.29, 0.717) is 23.1 Å². The highest BCUT2D eigenvalue weighted by Gasteiger charge is 2.37. The second-order valence-electron chi connectivity index (χ2n) is 11.5. The third-order valence-electron chi connectivity index (χ3n) is 9.00. The van der Waals surface area contributed by atoms with Crippen molar-refractivity contribution in [3.05, 3.63) is 58.4 Å². The lowest BCUT2D eigenvalue weighted by Gasteiger charge is -2.29. The van der Waals surface area contributed by atoms with Gasteiger partial charge < -0.3 is 29.7 Å². The molecule has 3 aliphatic rings. The molecule has 3 aliphatic heterocycles. The molecular formula is C32H41N5O3. The summed E-state index contributed by atoms with van der Waals surface area (Å²) in [6.07, 6.45) is 6.01. The topological polar surface area (TPSA) is 78.8 Å². The summed E-state index contributed by atoms with van der Waals surface area (Å²) >= 11 is 0. The van der Waals surface area contributed by atoms with Gasteiger partial charge in [-0.05, 0) is 89.0 Å². The summed E-state index contributed by atoms with van der Waals surface area (Å²) < 4.78 is 8.50. The molecule has 1 aromatic heterocycles. The van der Waals surface area contributed by atoms with Gasteiger partial charge in [0.15, 0.2) is 11.5 Å². The zero-order chi connectivity index (χ0) is 27.8. The smallest absolute Gasteiger partial charge is 0.256 e. The Kier molecular flexibility index (Phi) is 7.55. The number of nitrogens with zero attached hydrogens (tertiary/aromatic N) is 3. The first-order valence-electron chi connectivity index (χ1n) is 15.0. The van der Waals surface area contributed by atoms with Gasteiger partial charge in [0.05, 0.1) is 16.8 Å². The molecule has 0 bridgehead atoms. The van der Waals surface area contributed by atoms with Gasteiger partial charge in [-0.3, -0.25) is 9.59 Å². The summed E-state index contributed by atoms with van der Waals surface area (Å²) in [5.41, 5.74) is 2.47. The number of ether oxygens (including phenoxy) is 1. The largest absolute Gasteiger partial charge is 0.451 e. The highest BCUT2D eigenvalue weighted by atomic mass is 16.5. The SMILES string of the molecule is CCN(CC)CCCC(C)NC(=O)c1cn2c3c(c(N4CC5CCCNC5C4)ccc3c1=O)Oc1ccccc1-2. The molecule has 4 heterocycles. The van der Waals surface area contributed by atoms with E-state index in [4.69, 9.17) is 4.74 Å². The van der Waals surface area contributed by atoms with E-state index < -0.39 is 0 Å². The lowest BCUT2D eigenvalue weighted by atomic mass is 9.94. The molecule has 3 atom stereocenters. The van der Waals surface area contributed by atoms with Crippen molar-refractivity contribution in [2.45, 2.75) is 58.5 Å². The van der Waals surface area contributed by atoms with Crippen molar-refractivity contribution < 1.29 is 9.53 Å². The maximum Gasteiger partial charge on any atom is 0.256 e. The summed E-state index contributed by atoms with van der Waals surface area (Å²) in [6, 6.07) is 12.2. The molecule has 8 nitrogen and oxygen atoms in total. The van der Waals surface area contributed by atoms with Crippen LogP contribution in [0.15, 0.2) is 47.4 Å². The molecule has 2 N–H and O–H groups in total. The molecule has 2 aromatic carbocycles. The highest BCUT2D eigenvalue weighted by Crippen LogP contribution is 2.46. The van der Waals surface area contributed by atoms with E-state index >= 15 is 0 Å². The van der Waals surface area contributed by atoms with Crippen LogP contribution < -0.4 is 25.7 Å². The van der Waals surface area contributed by atoms with Gasteiger partial charge >= 0.3 is 0 Å². The van der Waals surface area contributed by atoms with Crippen LogP contribution in [0.3, 0.4) is 0 Å². The van der Waals surface area contributed by atoms with Crippen LogP contribution >= 0.6 is 0 Å². The number of piperidine rings is 1. The van der Waals surface area contributed by atoms with E-state index in [2.05, 4.69) is 34.3 Å². The Bertz CT molecular complexity index is 1450. The van der Waals surface area contributed by atoms with Gasteiger partial charge in [-0.25, -0.2) is 0 Å². The minimum atomic E-state index is -0.324. The molecule has 0 spiro atoms. The maximum atomic E-state index is 13.8. The molecular weight excluding hydrogens is 502 g/mol. The van der Waals surface area contributed by atoms with Crippen molar-refractivity contribution in [3.63, 3.8) is 0 Å². The van der Waals surface area contributed by atoms with E-state index in [-0.39, 0.29) is 22.9 Å². The predicted molar refractivity (Wildman–Crippen MR) is 160 cm³/mol. The number of rotatable bonds is 9. The van der Waals surface area contributed by atoms with Gasteiger partial charge in [0.1, 0.15) is 11.1 Å². The van der Waals surface area contributed by atoms with E-state index in [1.54, 1.807) is 6.20 Å². The van der Waals surface area contributed by atoms with Crippen LogP contribution in [0.1, 0.15) is 56.8 Å². The van der Waals surface area contributed by atoms with Crippen molar-refractivity contribution >= 4 is 22.5 Å². The summed E-state index contributed by atoms with van der Waals surface area (Å²) in [5, 5.41) is 7.27. The van der Waals surface area contributed by atoms with Crippen molar-refractivity contribution in [3.8, 4) is 17.2 Å².